The molecule has 2 rings (SSSR count). The Morgan fingerprint density at radius 1 is 0.950 bits per heavy atom. The molecule has 0 radical (unpaired) electrons. The van der Waals surface area contributed by atoms with E-state index in [1.54, 1.807) is 13.0 Å². The monoisotopic (exact) mass is 335 g/mol. The van der Waals surface area contributed by atoms with Crippen LogP contribution in [-0.4, -0.2) is 0 Å². The zero-order valence-electron chi connectivity index (χ0n) is 10.4. The zero-order chi connectivity index (χ0) is 14.9. The van der Waals surface area contributed by atoms with Crippen molar-refractivity contribution in [2.45, 2.75) is 13.0 Å². The smallest absolute Gasteiger partial charge is 0.147 e. The van der Waals surface area contributed by atoms with Crippen molar-refractivity contribution in [1.29, 1.82) is 0 Å². The lowest BCUT2D eigenvalue weighted by atomic mass is 10.1. The molecule has 0 aliphatic carbocycles. The summed E-state index contributed by atoms with van der Waals surface area (Å²) in [7, 11) is 0. The van der Waals surface area contributed by atoms with Crippen LogP contribution in [0.5, 0.6) is 0 Å². The molecular weight excluding hydrogens is 327 g/mol. The highest BCUT2D eigenvalue weighted by Gasteiger charge is 2.19. The quantitative estimate of drug-likeness (QED) is 0.668. The lowest BCUT2D eigenvalue weighted by Gasteiger charge is -2.19. The van der Waals surface area contributed by atoms with Crippen LogP contribution < -0.4 is 5.32 Å². The summed E-state index contributed by atoms with van der Waals surface area (Å²) in [6.07, 6.45) is 0. The lowest BCUT2D eigenvalue weighted by Crippen LogP contribution is -2.10. The molecule has 20 heavy (non-hydrogen) atoms. The molecule has 1 N–H and O–H groups in total. The summed E-state index contributed by atoms with van der Waals surface area (Å²) >= 11 is 17.9. The molecule has 0 aromatic heterocycles. The standard InChI is InChI=1S/C14H10Cl3F2N/c1-7(12-8(15)5-6-10(18)13(12)17)20-14-9(16)3-2-4-11(14)19/h2-7,20H,1H3. The zero-order valence-corrected chi connectivity index (χ0v) is 12.6. The Bertz CT molecular complexity index is 626. The van der Waals surface area contributed by atoms with Crippen LogP contribution in [0.25, 0.3) is 0 Å². The van der Waals surface area contributed by atoms with E-state index in [1.165, 1.54) is 24.3 Å². The van der Waals surface area contributed by atoms with Crippen molar-refractivity contribution in [3.8, 4) is 0 Å². The van der Waals surface area contributed by atoms with E-state index < -0.39 is 17.7 Å². The second kappa shape index (κ2) is 6.17. The molecule has 106 valence electrons. The Morgan fingerprint density at radius 3 is 2.30 bits per heavy atom. The molecular formula is C14H10Cl3F2N. The summed E-state index contributed by atoms with van der Waals surface area (Å²) in [5.74, 6) is -1.09. The van der Waals surface area contributed by atoms with Gasteiger partial charge in [-0.3, -0.25) is 0 Å². The average Bonchev–Trinajstić information content (AvgIpc) is 2.39. The second-order valence-electron chi connectivity index (χ2n) is 4.22. The fourth-order valence-corrected chi connectivity index (χ4v) is 2.78. The molecule has 0 aliphatic heterocycles. The van der Waals surface area contributed by atoms with Crippen LogP contribution in [0.15, 0.2) is 30.3 Å². The molecule has 2 aromatic rings. The van der Waals surface area contributed by atoms with Crippen LogP contribution in [0.2, 0.25) is 15.1 Å². The highest BCUT2D eigenvalue weighted by atomic mass is 35.5. The first-order valence-corrected chi connectivity index (χ1v) is 6.89. The van der Waals surface area contributed by atoms with Crippen molar-refractivity contribution in [1.82, 2.24) is 0 Å². The van der Waals surface area contributed by atoms with Gasteiger partial charge in [0.05, 0.1) is 21.8 Å². The van der Waals surface area contributed by atoms with Gasteiger partial charge in [0.1, 0.15) is 11.6 Å². The Kier molecular flexibility index (Phi) is 4.74. The minimum Gasteiger partial charge on any atom is -0.375 e. The van der Waals surface area contributed by atoms with Gasteiger partial charge >= 0.3 is 0 Å². The minimum absolute atomic E-state index is 0.0926. The summed E-state index contributed by atoms with van der Waals surface area (Å²) in [6, 6.07) is 6.39. The van der Waals surface area contributed by atoms with Gasteiger partial charge in [-0.05, 0) is 31.2 Å². The Hall–Kier alpha value is -1.03. The Labute approximate surface area is 130 Å². The number of halogens is 5. The van der Waals surface area contributed by atoms with Gasteiger partial charge in [0.15, 0.2) is 0 Å². The molecule has 6 heteroatoms. The average molecular weight is 337 g/mol. The van der Waals surface area contributed by atoms with E-state index in [-0.39, 0.29) is 15.7 Å². The van der Waals surface area contributed by atoms with Crippen LogP contribution in [0.1, 0.15) is 18.5 Å². The first-order valence-electron chi connectivity index (χ1n) is 5.75. The van der Waals surface area contributed by atoms with E-state index in [1.807, 2.05) is 0 Å². The Balaban J connectivity index is 2.38. The molecule has 0 amide bonds. The number of anilines is 1. The lowest BCUT2D eigenvalue weighted by molar-refractivity contribution is 0.621. The van der Waals surface area contributed by atoms with Crippen molar-refractivity contribution in [3.05, 3.63) is 62.6 Å². The third-order valence-corrected chi connectivity index (χ3v) is 3.86. The van der Waals surface area contributed by atoms with E-state index in [0.29, 0.717) is 10.6 Å². The van der Waals surface area contributed by atoms with Gasteiger partial charge in [-0.15, -0.1) is 0 Å². The van der Waals surface area contributed by atoms with Crippen molar-refractivity contribution in [2.75, 3.05) is 5.32 Å². The summed E-state index contributed by atoms with van der Waals surface area (Å²) in [5.41, 5.74) is 0.478. The van der Waals surface area contributed by atoms with Crippen molar-refractivity contribution in [2.24, 2.45) is 0 Å². The largest absolute Gasteiger partial charge is 0.375 e. The normalized spacial score (nSPS) is 12.3. The molecule has 2 aromatic carbocycles. The van der Waals surface area contributed by atoms with Gasteiger partial charge in [0.25, 0.3) is 0 Å². The maximum atomic E-state index is 13.7. The fraction of sp³-hybridized carbons (Fsp3) is 0.143. The number of nitrogens with one attached hydrogen (secondary N) is 1. The first kappa shape index (κ1) is 15.4. The van der Waals surface area contributed by atoms with Crippen molar-refractivity contribution in [3.63, 3.8) is 0 Å². The van der Waals surface area contributed by atoms with Gasteiger partial charge in [-0.25, -0.2) is 8.78 Å². The number of benzene rings is 2. The fourth-order valence-electron chi connectivity index (χ4n) is 1.86. The number of rotatable bonds is 3. The number of hydrogen-bond acceptors (Lipinski definition) is 1. The Morgan fingerprint density at radius 2 is 1.65 bits per heavy atom. The minimum atomic E-state index is -0.584. The molecule has 1 atom stereocenters. The summed E-state index contributed by atoms with van der Waals surface area (Å²) in [6.45, 7) is 1.69. The van der Waals surface area contributed by atoms with Crippen molar-refractivity contribution < 1.29 is 8.78 Å². The van der Waals surface area contributed by atoms with Gasteiger partial charge in [0.2, 0.25) is 0 Å². The number of hydrogen-bond donors (Lipinski definition) is 1. The summed E-state index contributed by atoms with van der Waals surface area (Å²) in [5, 5.41) is 3.29. The van der Waals surface area contributed by atoms with Crippen LogP contribution in [0.4, 0.5) is 14.5 Å². The molecule has 1 nitrogen and oxygen atoms in total. The molecule has 0 heterocycles. The third-order valence-electron chi connectivity index (χ3n) is 2.84. The van der Waals surface area contributed by atoms with E-state index in [0.717, 1.165) is 0 Å². The topological polar surface area (TPSA) is 12.0 Å². The molecule has 1 unspecified atom stereocenters. The first-order chi connectivity index (χ1) is 9.41. The van der Waals surface area contributed by atoms with E-state index in [9.17, 15) is 8.78 Å². The van der Waals surface area contributed by atoms with Gasteiger partial charge < -0.3 is 5.32 Å². The molecule has 0 aliphatic rings. The van der Waals surface area contributed by atoms with Crippen LogP contribution >= 0.6 is 34.8 Å². The maximum Gasteiger partial charge on any atom is 0.147 e. The van der Waals surface area contributed by atoms with E-state index in [4.69, 9.17) is 34.8 Å². The highest BCUT2D eigenvalue weighted by molar-refractivity contribution is 6.36. The van der Waals surface area contributed by atoms with Crippen molar-refractivity contribution >= 4 is 40.5 Å². The van der Waals surface area contributed by atoms with Gasteiger partial charge in [-0.2, -0.15) is 0 Å². The maximum absolute atomic E-state index is 13.7. The van der Waals surface area contributed by atoms with E-state index in [2.05, 4.69) is 5.32 Å². The highest BCUT2D eigenvalue weighted by Crippen LogP contribution is 2.36. The van der Waals surface area contributed by atoms with Crippen LogP contribution in [-0.2, 0) is 0 Å². The molecule has 0 fully saturated rings. The molecule has 0 bridgehead atoms. The van der Waals surface area contributed by atoms with Crippen LogP contribution in [0, 0.1) is 11.6 Å². The second-order valence-corrected chi connectivity index (χ2v) is 5.41. The molecule has 0 spiro atoms. The third kappa shape index (κ3) is 3.00. The number of para-hydroxylation sites is 1. The van der Waals surface area contributed by atoms with E-state index >= 15 is 0 Å². The van der Waals surface area contributed by atoms with Gasteiger partial charge in [-0.1, -0.05) is 40.9 Å². The summed E-state index contributed by atoms with van der Waals surface area (Å²) in [4.78, 5) is 0. The predicted octanol–water partition coefficient (Wildman–Crippen LogP) is 6.10. The molecule has 0 saturated heterocycles. The molecule has 0 saturated carbocycles. The predicted molar refractivity (Wildman–Crippen MR) is 79.9 cm³/mol. The van der Waals surface area contributed by atoms with Crippen LogP contribution in [0.3, 0.4) is 0 Å². The van der Waals surface area contributed by atoms with Gasteiger partial charge in [0, 0.05) is 10.6 Å². The SMILES string of the molecule is CC(Nc1c(F)cccc1Cl)c1c(Cl)ccc(F)c1Cl. The summed E-state index contributed by atoms with van der Waals surface area (Å²) < 4.78 is 27.2.